The van der Waals surface area contributed by atoms with Crippen LogP contribution in [0.25, 0.3) is 0 Å². The molecule has 0 unspecified atom stereocenters. The summed E-state index contributed by atoms with van der Waals surface area (Å²) in [6.07, 6.45) is 4.32. The minimum absolute atomic E-state index is 0.0857. The maximum Gasteiger partial charge on any atom is 0.255 e. The highest BCUT2D eigenvalue weighted by molar-refractivity contribution is 7.89. The van der Waals surface area contributed by atoms with Crippen molar-refractivity contribution in [2.24, 2.45) is 11.1 Å². The molecule has 5 nitrogen and oxygen atoms in total. The molecule has 1 amide bonds. The van der Waals surface area contributed by atoms with Gasteiger partial charge in [-0.25, -0.2) is 13.6 Å². The van der Waals surface area contributed by atoms with Crippen LogP contribution in [0, 0.1) is 5.92 Å². The van der Waals surface area contributed by atoms with E-state index in [1.807, 2.05) is 4.90 Å². The molecule has 1 aromatic carbocycles. The summed E-state index contributed by atoms with van der Waals surface area (Å²) in [5.74, 6) is 0.384. The van der Waals surface area contributed by atoms with E-state index in [1.165, 1.54) is 18.2 Å². The van der Waals surface area contributed by atoms with Crippen LogP contribution in [0.4, 0.5) is 0 Å². The fourth-order valence-electron chi connectivity index (χ4n) is 2.36. The quantitative estimate of drug-likeness (QED) is 0.897. The Hall–Kier alpha value is -1.11. The number of carbonyl (C=O) groups is 1. The Morgan fingerprint density at radius 2 is 1.95 bits per heavy atom. The van der Waals surface area contributed by atoms with Gasteiger partial charge in [0, 0.05) is 12.6 Å². The van der Waals surface area contributed by atoms with Gasteiger partial charge >= 0.3 is 0 Å². The van der Waals surface area contributed by atoms with Gasteiger partial charge in [0.1, 0.15) is 0 Å². The van der Waals surface area contributed by atoms with Crippen molar-refractivity contribution in [3.8, 4) is 0 Å². The monoisotopic (exact) mass is 328 g/mol. The molecule has 2 saturated carbocycles. The number of nitrogens with two attached hydrogens (primary N) is 1. The zero-order valence-electron chi connectivity index (χ0n) is 11.5. The fraction of sp³-hybridized carbons (Fsp3) is 0.500. The molecule has 2 N–H and O–H groups in total. The van der Waals surface area contributed by atoms with Crippen LogP contribution in [0.2, 0.25) is 5.02 Å². The zero-order valence-corrected chi connectivity index (χ0v) is 13.0. The molecule has 0 radical (unpaired) electrons. The number of primary sulfonamides is 1. The van der Waals surface area contributed by atoms with Crippen LogP contribution < -0.4 is 5.14 Å². The van der Waals surface area contributed by atoms with E-state index >= 15 is 0 Å². The first-order chi connectivity index (χ1) is 9.86. The lowest BCUT2D eigenvalue weighted by molar-refractivity contribution is 0.0734. The van der Waals surface area contributed by atoms with E-state index in [-0.39, 0.29) is 27.4 Å². The van der Waals surface area contributed by atoms with Gasteiger partial charge in [-0.3, -0.25) is 4.79 Å². The van der Waals surface area contributed by atoms with E-state index in [2.05, 4.69) is 0 Å². The fourth-order valence-corrected chi connectivity index (χ4v) is 3.10. The Labute approximate surface area is 129 Å². The molecule has 1 aromatic rings. The summed E-state index contributed by atoms with van der Waals surface area (Å²) in [4.78, 5) is 14.4. The van der Waals surface area contributed by atoms with Crippen LogP contribution in [-0.4, -0.2) is 31.8 Å². The highest BCUT2D eigenvalue weighted by Gasteiger charge is 2.37. The number of rotatable bonds is 5. The van der Waals surface area contributed by atoms with Gasteiger partial charge in [-0.1, -0.05) is 11.6 Å². The highest BCUT2D eigenvalue weighted by atomic mass is 35.5. The van der Waals surface area contributed by atoms with E-state index in [4.69, 9.17) is 16.7 Å². The lowest BCUT2D eigenvalue weighted by Crippen LogP contribution is -2.35. The number of halogens is 1. The number of carbonyl (C=O) groups excluding carboxylic acids is 1. The minimum atomic E-state index is -3.85. The summed E-state index contributed by atoms with van der Waals surface area (Å²) in [7, 11) is -3.85. The molecule has 2 aliphatic carbocycles. The molecule has 7 heteroatoms. The van der Waals surface area contributed by atoms with Gasteiger partial charge in [-0.15, -0.1) is 0 Å². The number of sulfonamides is 1. The predicted molar refractivity (Wildman–Crippen MR) is 79.6 cm³/mol. The molecule has 0 aromatic heterocycles. The second-order valence-corrected chi connectivity index (χ2v) is 7.79. The van der Waals surface area contributed by atoms with Crippen molar-refractivity contribution in [1.29, 1.82) is 0 Å². The van der Waals surface area contributed by atoms with Gasteiger partial charge < -0.3 is 4.90 Å². The van der Waals surface area contributed by atoms with E-state index < -0.39 is 10.0 Å². The summed E-state index contributed by atoms with van der Waals surface area (Å²) >= 11 is 6.08. The van der Waals surface area contributed by atoms with Crippen LogP contribution in [-0.2, 0) is 10.0 Å². The Morgan fingerprint density at radius 1 is 1.29 bits per heavy atom. The lowest BCUT2D eigenvalue weighted by Gasteiger charge is -2.23. The third-order valence-electron chi connectivity index (χ3n) is 3.90. The molecule has 0 aliphatic heterocycles. The van der Waals surface area contributed by atoms with Gasteiger partial charge in [-0.2, -0.15) is 0 Å². The normalized spacial score (nSPS) is 18.6. The van der Waals surface area contributed by atoms with Gasteiger partial charge in [0.2, 0.25) is 10.0 Å². The van der Waals surface area contributed by atoms with Crippen molar-refractivity contribution >= 4 is 27.5 Å². The smallest absolute Gasteiger partial charge is 0.255 e. The number of nitrogens with zero attached hydrogens (tertiary/aromatic N) is 1. The van der Waals surface area contributed by atoms with E-state index in [9.17, 15) is 13.2 Å². The first-order valence-corrected chi connectivity index (χ1v) is 8.92. The highest BCUT2D eigenvalue weighted by Crippen LogP contribution is 2.36. The van der Waals surface area contributed by atoms with Crippen LogP contribution >= 0.6 is 11.6 Å². The second-order valence-electron chi connectivity index (χ2n) is 5.82. The molecule has 2 aliphatic rings. The second kappa shape index (κ2) is 5.26. The number of hydrogen-bond acceptors (Lipinski definition) is 3. The third-order valence-corrected chi connectivity index (χ3v) is 5.14. The van der Waals surface area contributed by atoms with Crippen molar-refractivity contribution in [3.63, 3.8) is 0 Å². The molecule has 0 heterocycles. The topological polar surface area (TPSA) is 80.5 Å². The predicted octanol–water partition coefficient (Wildman–Crippen LogP) is 2.00. The van der Waals surface area contributed by atoms with Crippen LogP contribution in [0.3, 0.4) is 0 Å². The van der Waals surface area contributed by atoms with Crippen molar-refractivity contribution in [2.75, 3.05) is 6.54 Å². The van der Waals surface area contributed by atoms with Gasteiger partial charge in [0.25, 0.3) is 5.91 Å². The SMILES string of the molecule is NS(=O)(=O)c1ccc(Cl)c(C(=O)N(CC2CC2)C2CC2)c1. The van der Waals surface area contributed by atoms with Crippen molar-refractivity contribution < 1.29 is 13.2 Å². The summed E-state index contributed by atoms with van der Waals surface area (Å²) in [6, 6.07) is 4.28. The Kier molecular flexibility index (Phi) is 3.71. The Balaban J connectivity index is 1.91. The molecule has 3 rings (SSSR count). The van der Waals surface area contributed by atoms with Gasteiger partial charge in [0.05, 0.1) is 15.5 Å². The molecule has 21 heavy (non-hydrogen) atoms. The number of benzene rings is 1. The summed E-state index contributed by atoms with van der Waals surface area (Å²) in [6.45, 7) is 0.736. The van der Waals surface area contributed by atoms with Crippen molar-refractivity contribution in [1.82, 2.24) is 4.90 Å². The summed E-state index contributed by atoms with van der Waals surface area (Å²) in [5, 5.41) is 5.38. The van der Waals surface area contributed by atoms with Gasteiger partial charge in [0.15, 0.2) is 0 Å². The molecule has 0 spiro atoms. The molecule has 0 atom stereocenters. The molecule has 114 valence electrons. The third kappa shape index (κ3) is 3.39. The van der Waals surface area contributed by atoms with E-state index in [0.29, 0.717) is 5.92 Å². The number of amides is 1. The molecule has 0 saturated heterocycles. The zero-order chi connectivity index (χ0) is 15.2. The lowest BCUT2D eigenvalue weighted by atomic mass is 10.2. The molecular weight excluding hydrogens is 312 g/mol. The summed E-state index contributed by atoms with van der Waals surface area (Å²) < 4.78 is 22.9. The van der Waals surface area contributed by atoms with E-state index in [1.54, 1.807) is 0 Å². The average molecular weight is 329 g/mol. The summed E-state index contributed by atoms with van der Waals surface area (Å²) in [5.41, 5.74) is 0.218. The first-order valence-electron chi connectivity index (χ1n) is 6.99. The maximum atomic E-state index is 12.7. The van der Waals surface area contributed by atoms with E-state index in [0.717, 1.165) is 32.2 Å². The largest absolute Gasteiger partial charge is 0.335 e. The van der Waals surface area contributed by atoms with Crippen LogP contribution in [0.15, 0.2) is 23.1 Å². The average Bonchev–Trinajstić information content (AvgIpc) is 3.26. The standard InChI is InChI=1S/C14H17ClN2O3S/c15-13-6-5-11(21(16,19)20)7-12(13)14(18)17(10-3-4-10)8-9-1-2-9/h5-7,9-10H,1-4,8H2,(H2,16,19,20). The van der Waals surface area contributed by atoms with Crippen molar-refractivity contribution in [3.05, 3.63) is 28.8 Å². The molecular formula is C14H17ClN2O3S. The van der Waals surface area contributed by atoms with Crippen LogP contribution in [0.1, 0.15) is 36.0 Å². The Bertz CT molecular complexity index is 681. The first kappa shape index (κ1) is 14.8. The van der Waals surface area contributed by atoms with Crippen molar-refractivity contribution in [2.45, 2.75) is 36.6 Å². The maximum absolute atomic E-state index is 12.7. The number of hydrogen-bond donors (Lipinski definition) is 1. The van der Waals surface area contributed by atoms with Crippen LogP contribution in [0.5, 0.6) is 0 Å². The molecule has 2 fully saturated rings. The Morgan fingerprint density at radius 3 is 2.48 bits per heavy atom. The molecule has 0 bridgehead atoms. The minimum Gasteiger partial charge on any atom is -0.335 e. The van der Waals surface area contributed by atoms with Gasteiger partial charge in [-0.05, 0) is 49.8 Å².